The van der Waals surface area contributed by atoms with E-state index in [1.807, 2.05) is 0 Å². The molecular formula is C13H17N7O3. The number of carbonyl (C=O) groups excluding carboxylic acids is 1. The summed E-state index contributed by atoms with van der Waals surface area (Å²) in [7, 11) is 6.49. The van der Waals surface area contributed by atoms with Crippen LogP contribution in [0, 0.1) is 0 Å². The van der Waals surface area contributed by atoms with Crippen molar-refractivity contribution < 1.29 is 9.53 Å². The first-order valence-electron chi connectivity index (χ1n) is 6.69. The number of aromatic nitrogens is 5. The molecule has 0 radical (unpaired) electrons. The van der Waals surface area contributed by atoms with Crippen LogP contribution < -0.4 is 20.5 Å². The first kappa shape index (κ1) is 16.3. The molecule has 0 aliphatic rings. The summed E-state index contributed by atoms with van der Waals surface area (Å²) < 4.78 is 6.10. The average Bonchev–Trinajstić information content (AvgIpc) is 2.54. The van der Waals surface area contributed by atoms with Gasteiger partial charge >= 0.3 is 6.01 Å². The Morgan fingerprint density at radius 1 is 1.30 bits per heavy atom. The molecule has 1 N–H and O–H groups in total. The predicted molar refractivity (Wildman–Crippen MR) is 81.4 cm³/mol. The van der Waals surface area contributed by atoms with Gasteiger partial charge in [0.1, 0.15) is 5.69 Å². The van der Waals surface area contributed by atoms with Gasteiger partial charge in [0.05, 0.1) is 13.7 Å². The van der Waals surface area contributed by atoms with E-state index in [-0.39, 0.29) is 23.8 Å². The summed E-state index contributed by atoms with van der Waals surface area (Å²) in [6.07, 6.45) is 0. The van der Waals surface area contributed by atoms with E-state index in [1.165, 1.54) is 26.3 Å². The topological polar surface area (TPSA) is 115 Å². The fraction of sp³-hybridized carbons (Fsp3) is 0.385. The van der Waals surface area contributed by atoms with Gasteiger partial charge in [0.2, 0.25) is 5.95 Å². The number of carbonyl (C=O) groups is 1. The highest BCUT2D eigenvalue weighted by atomic mass is 16.5. The highest BCUT2D eigenvalue weighted by molar-refractivity contribution is 5.91. The number of anilines is 1. The Balaban J connectivity index is 2.13. The Morgan fingerprint density at radius 3 is 2.65 bits per heavy atom. The van der Waals surface area contributed by atoms with Crippen molar-refractivity contribution >= 4 is 11.9 Å². The highest BCUT2D eigenvalue weighted by Crippen LogP contribution is 2.09. The van der Waals surface area contributed by atoms with E-state index in [0.29, 0.717) is 11.8 Å². The smallest absolute Gasteiger partial charge is 0.321 e. The molecule has 2 aromatic heterocycles. The first-order chi connectivity index (χ1) is 10.9. The molecule has 0 saturated heterocycles. The zero-order chi connectivity index (χ0) is 17.0. The minimum absolute atomic E-state index is 0.0725. The van der Waals surface area contributed by atoms with E-state index in [9.17, 15) is 9.59 Å². The lowest BCUT2D eigenvalue weighted by atomic mass is 10.3. The molecule has 0 aliphatic carbocycles. The van der Waals surface area contributed by atoms with Crippen LogP contribution in [0.3, 0.4) is 0 Å². The molecule has 0 fully saturated rings. The van der Waals surface area contributed by atoms with Gasteiger partial charge in [-0.2, -0.15) is 20.1 Å². The number of rotatable bonds is 5. The van der Waals surface area contributed by atoms with Crippen LogP contribution in [-0.4, -0.2) is 51.8 Å². The molecule has 0 saturated carbocycles. The largest absolute Gasteiger partial charge is 0.467 e. The van der Waals surface area contributed by atoms with E-state index < -0.39 is 5.91 Å². The average molecular weight is 319 g/mol. The van der Waals surface area contributed by atoms with Crippen LogP contribution in [0.25, 0.3) is 0 Å². The van der Waals surface area contributed by atoms with Crippen LogP contribution in [0.1, 0.15) is 16.3 Å². The minimum Gasteiger partial charge on any atom is -0.467 e. The third kappa shape index (κ3) is 3.99. The second-order valence-electron chi connectivity index (χ2n) is 4.80. The van der Waals surface area contributed by atoms with Crippen molar-refractivity contribution in [3.63, 3.8) is 0 Å². The van der Waals surface area contributed by atoms with Gasteiger partial charge in [-0.25, -0.2) is 4.68 Å². The van der Waals surface area contributed by atoms with E-state index in [1.54, 1.807) is 19.0 Å². The van der Waals surface area contributed by atoms with Crippen molar-refractivity contribution in [1.29, 1.82) is 0 Å². The number of amides is 1. The van der Waals surface area contributed by atoms with Crippen molar-refractivity contribution in [2.45, 2.75) is 6.54 Å². The minimum atomic E-state index is -0.439. The Kier molecular flexibility index (Phi) is 4.84. The molecule has 0 unspecified atom stereocenters. The maximum Gasteiger partial charge on any atom is 0.321 e. The van der Waals surface area contributed by atoms with Gasteiger partial charge in [-0.05, 0) is 6.07 Å². The summed E-state index contributed by atoms with van der Waals surface area (Å²) in [5.74, 6) is 0.325. The lowest BCUT2D eigenvalue weighted by molar-refractivity contribution is 0.0942. The van der Waals surface area contributed by atoms with Gasteiger partial charge in [-0.15, -0.1) is 0 Å². The Labute approximate surface area is 132 Å². The van der Waals surface area contributed by atoms with Crippen LogP contribution in [0.4, 0.5) is 5.95 Å². The van der Waals surface area contributed by atoms with Gasteiger partial charge in [-0.1, -0.05) is 0 Å². The molecular weight excluding hydrogens is 302 g/mol. The molecule has 122 valence electrons. The monoisotopic (exact) mass is 319 g/mol. The lowest BCUT2D eigenvalue weighted by Crippen LogP contribution is -2.29. The zero-order valence-electron chi connectivity index (χ0n) is 13.3. The highest BCUT2D eigenvalue weighted by Gasteiger charge is 2.12. The fourth-order valence-electron chi connectivity index (χ4n) is 1.63. The van der Waals surface area contributed by atoms with E-state index in [2.05, 4.69) is 25.4 Å². The molecule has 2 heterocycles. The maximum absolute atomic E-state index is 12.1. The summed E-state index contributed by atoms with van der Waals surface area (Å²) in [6, 6.07) is 2.79. The second kappa shape index (κ2) is 6.81. The normalized spacial score (nSPS) is 10.3. The molecule has 0 spiro atoms. The number of ether oxygens (including phenoxy) is 1. The van der Waals surface area contributed by atoms with Crippen molar-refractivity contribution in [2.75, 3.05) is 26.1 Å². The quantitative estimate of drug-likeness (QED) is 0.744. The molecule has 2 aromatic rings. The van der Waals surface area contributed by atoms with Gasteiger partial charge in [0.15, 0.2) is 5.82 Å². The lowest BCUT2D eigenvalue weighted by Gasteiger charge is -2.12. The number of methoxy groups -OCH3 is 1. The van der Waals surface area contributed by atoms with Crippen LogP contribution >= 0.6 is 0 Å². The number of aryl methyl sites for hydroxylation is 1. The van der Waals surface area contributed by atoms with Crippen molar-refractivity contribution in [3.05, 3.63) is 34.0 Å². The van der Waals surface area contributed by atoms with Crippen molar-refractivity contribution in [2.24, 2.45) is 7.05 Å². The number of hydrogen-bond acceptors (Lipinski definition) is 8. The van der Waals surface area contributed by atoms with E-state index >= 15 is 0 Å². The molecule has 10 nitrogen and oxygen atoms in total. The Morgan fingerprint density at radius 2 is 2.04 bits per heavy atom. The van der Waals surface area contributed by atoms with Crippen LogP contribution in [-0.2, 0) is 13.6 Å². The maximum atomic E-state index is 12.1. The van der Waals surface area contributed by atoms with Gasteiger partial charge in [0, 0.05) is 27.2 Å². The molecule has 0 atom stereocenters. The number of nitrogens with one attached hydrogen (secondary N) is 1. The summed E-state index contributed by atoms with van der Waals surface area (Å²) >= 11 is 0. The van der Waals surface area contributed by atoms with Gasteiger partial charge < -0.3 is 15.0 Å². The number of nitrogens with zero attached hydrogens (tertiary/aromatic N) is 6. The molecule has 0 aliphatic heterocycles. The third-order valence-electron chi connectivity index (χ3n) is 2.83. The Hall–Kier alpha value is -3.04. The Bertz CT molecular complexity index is 772. The third-order valence-corrected chi connectivity index (χ3v) is 2.83. The SMILES string of the molecule is COc1nc(CNC(=O)c2ccc(=O)n(C)n2)nc(N(C)C)n1. The van der Waals surface area contributed by atoms with Crippen LogP contribution in [0.5, 0.6) is 6.01 Å². The van der Waals surface area contributed by atoms with Gasteiger partial charge in [-0.3, -0.25) is 9.59 Å². The summed E-state index contributed by atoms with van der Waals surface area (Å²) in [6.45, 7) is 0.0725. The van der Waals surface area contributed by atoms with Crippen LogP contribution in [0.2, 0.25) is 0 Å². The predicted octanol–water partition coefficient (Wildman–Crippen LogP) is -1.03. The zero-order valence-corrected chi connectivity index (χ0v) is 13.3. The summed E-state index contributed by atoms with van der Waals surface area (Å²) in [5, 5.41) is 6.51. The van der Waals surface area contributed by atoms with Gasteiger partial charge in [0.25, 0.3) is 11.5 Å². The summed E-state index contributed by atoms with van der Waals surface area (Å²) in [5.41, 5.74) is -0.166. The van der Waals surface area contributed by atoms with Crippen LogP contribution in [0.15, 0.2) is 16.9 Å². The molecule has 2 rings (SSSR count). The van der Waals surface area contributed by atoms with Crippen molar-refractivity contribution in [3.8, 4) is 6.01 Å². The second-order valence-corrected chi connectivity index (χ2v) is 4.80. The fourth-order valence-corrected chi connectivity index (χ4v) is 1.63. The molecule has 23 heavy (non-hydrogen) atoms. The van der Waals surface area contributed by atoms with E-state index in [0.717, 1.165) is 4.68 Å². The van der Waals surface area contributed by atoms with Crippen molar-refractivity contribution in [1.82, 2.24) is 30.0 Å². The molecule has 0 bridgehead atoms. The first-order valence-corrected chi connectivity index (χ1v) is 6.69. The number of hydrogen-bond donors (Lipinski definition) is 1. The molecule has 10 heteroatoms. The molecule has 0 aromatic carbocycles. The summed E-state index contributed by atoms with van der Waals surface area (Å²) in [4.78, 5) is 37.4. The standard InChI is InChI=1S/C13H17N7O3/c1-19(2)12-15-9(16-13(17-12)23-4)7-14-11(22)8-5-6-10(21)20(3)18-8/h5-6H,7H2,1-4H3,(H,14,22). The molecule has 1 amide bonds. The van der Waals surface area contributed by atoms with E-state index in [4.69, 9.17) is 4.74 Å².